The van der Waals surface area contributed by atoms with Crippen LogP contribution in [0.25, 0.3) is 11.8 Å². The van der Waals surface area contributed by atoms with Crippen LogP contribution in [0.2, 0.25) is 0 Å². The highest BCUT2D eigenvalue weighted by atomic mass is 32.1. The van der Waals surface area contributed by atoms with Crippen molar-refractivity contribution in [3.63, 3.8) is 0 Å². The van der Waals surface area contributed by atoms with Crippen molar-refractivity contribution in [3.8, 4) is 22.9 Å². The standard InChI is InChI=1S/C38H36FN3O6S/c1-6-46-32-17-10-26(19-33(32)47-7-2)35-31(37(44)45-5)21-40-38-42(35)36(43)34(49-38)20-27-18-23(3)41(24(27)4)29-13-15-30(16-14-29)48-22-25-8-11-28(39)12-9-25/h8-21,35H,6-7,22H2,1-5H3/b34-20+/t35-/m1/s1. The number of rotatable bonds is 11. The van der Waals surface area contributed by atoms with Crippen LogP contribution in [0.1, 0.15) is 48.0 Å². The van der Waals surface area contributed by atoms with Crippen molar-refractivity contribution in [1.82, 2.24) is 9.13 Å². The fraction of sp³-hybridized carbons (Fsp3) is 0.237. The Kier molecular flexibility index (Phi) is 9.82. The molecule has 0 amide bonds. The van der Waals surface area contributed by atoms with E-state index in [2.05, 4.69) is 9.56 Å². The van der Waals surface area contributed by atoms with Crippen LogP contribution in [0.15, 0.2) is 94.4 Å². The molecular weight excluding hydrogens is 645 g/mol. The number of halogens is 1. The van der Waals surface area contributed by atoms with E-state index in [1.54, 1.807) is 24.3 Å². The molecule has 49 heavy (non-hydrogen) atoms. The third-order valence-electron chi connectivity index (χ3n) is 8.18. The van der Waals surface area contributed by atoms with E-state index in [-0.39, 0.29) is 16.9 Å². The largest absolute Gasteiger partial charge is 0.490 e. The molecule has 252 valence electrons. The molecule has 3 heterocycles. The molecule has 3 aromatic carbocycles. The molecule has 2 aromatic heterocycles. The Balaban J connectivity index is 1.34. The molecule has 0 N–H and O–H groups in total. The van der Waals surface area contributed by atoms with E-state index >= 15 is 0 Å². The topological polar surface area (TPSA) is 93.3 Å². The highest BCUT2D eigenvalue weighted by Gasteiger charge is 2.31. The van der Waals surface area contributed by atoms with E-state index in [1.165, 1.54) is 41.3 Å². The number of aromatic nitrogens is 2. The minimum absolute atomic E-state index is 0.233. The van der Waals surface area contributed by atoms with Gasteiger partial charge in [-0.1, -0.05) is 29.5 Å². The molecular formula is C38H36FN3O6S. The van der Waals surface area contributed by atoms with Gasteiger partial charge >= 0.3 is 5.97 Å². The Morgan fingerprint density at radius 1 is 0.939 bits per heavy atom. The maximum absolute atomic E-state index is 14.1. The van der Waals surface area contributed by atoms with Crippen LogP contribution in [0.5, 0.6) is 17.2 Å². The van der Waals surface area contributed by atoms with Gasteiger partial charge in [0, 0.05) is 23.3 Å². The average Bonchev–Trinajstić information content (AvgIpc) is 3.58. The van der Waals surface area contributed by atoms with Crippen LogP contribution in [0, 0.1) is 19.7 Å². The molecule has 0 unspecified atom stereocenters. The van der Waals surface area contributed by atoms with Gasteiger partial charge in [0.05, 0.1) is 36.5 Å². The molecule has 5 aromatic rings. The zero-order valence-corrected chi connectivity index (χ0v) is 28.7. The number of hydrogen-bond acceptors (Lipinski definition) is 8. The second kappa shape index (κ2) is 14.4. The van der Waals surface area contributed by atoms with E-state index in [9.17, 15) is 14.0 Å². The van der Waals surface area contributed by atoms with E-state index in [1.807, 2.05) is 70.2 Å². The molecule has 1 aliphatic rings. The SMILES string of the molecule is CCOc1ccc([C@@H]2C(C(=O)OC)=CN=c3s/c(=C/c4cc(C)n(-c5ccc(OCc6ccc(F)cc6)cc5)c4C)c(=O)n32)cc1OCC. The van der Waals surface area contributed by atoms with Crippen molar-refractivity contribution < 1.29 is 28.1 Å². The second-order valence-electron chi connectivity index (χ2n) is 11.3. The highest BCUT2D eigenvalue weighted by molar-refractivity contribution is 7.07. The smallest absolute Gasteiger partial charge is 0.337 e. The first-order valence-corrected chi connectivity index (χ1v) is 16.7. The van der Waals surface area contributed by atoms with Gasteiger partial charge in [-0.05, 0) is 105 Å². The fourth-order valence-corrected chi connectivity index (χ4v) is 6.86. The second-order valence-corrected chi connectivity index (χ2v) is 12.3. The number of carbonyl (C=O) groups is 1. The van der Waals surface area contributed by atoms with E-state index in [4.69, 9.17) is 18.9 Å². The summed E-state index contributed by atoms with van der Waals surface area (Å²) in [5.74, 6) is 0.927. The lowest BCUT2D eigenvalue weighted by molar-refractivity contribution is -0.136. The number of benzene rings is 3. The monoisotopic (exact) mass is 681 g/mol. The Morgan fingerprint density at radius 2 is 1.65 bits per heavy atom. The van der Waals surface area contributed by atoms with Crippen LogP contribution in [0.3, 0.4) is 0 Å². The zero-order valence-electron chi connectivity index (χ0n) is 27.9. The first kappa shape index (κ1) is 33.5. The molecule has 0 saturated carbocycles. The summed E-state index contributed by atoms with van der Waals surface area (Å²) >= 11 is 1.26. The molecule has 0 aliphatic carbocycles. The average molecular weight is 682 g/mol. The van der Waals surface area contributed by atoms with Gasteiger partial charge in [0.25, 0.3) is 5.56 Å². The maximum atomic E-state index is 14.1. The zero-order chi connectivity index (χ0) is 34.7. The van der Waals surface area contributed by atoms with E-state index in [0.29, 0.717) is 52.0 Å². The molecule has 1 aliphatic heterocycles. The molecule has 11 heteroatoms. The lowest BCUT2D eigenvalue weighted by Gasteiger charge is -2.23. The summed E-state index contributed by atoms with van der Waals surface area (Å²) in [6.45, 7) is 8.99. The van der Waals surface area contributed by atoms with Crippen LogP contribution in [0.4, 0.5) is 4.39 Å². The van der Waals surface area contributed by atoms with Gasteiger partial charge in [-0.25, -0.2) is 14.2 Å². The quantitative estimate of drug-likeness (QED) is 0.160. The minimum atomic E-state index is -0.781. The number of esters is 1. The first-order valence-electron chi connectivity index (χ1n) is 15.9. The third kappa shape index (κ3) is 6.80. The number of hydrogen-bond donors (Lipinski definition) is 0. The van der Waals surface area contributed by atoms with Gasteiger partial charge in [-0.15, -0.1) is 0 Å². The summed E-state index contributed by atoms with van der Waals surface area (Å²) in [5, 5.41) is 0. The maximum Gasteiger partial charge on any atom is 0.337 e. The van der Waals surface area contributed by atoms with Crippen molar-refractivity contribution in [2.75, 3.05) is 20.3 Å². The van der Waals surface area contributed by atoms with Gasteiger partial charge in [-0.2, -0.15) is 0 Å². The number of thiazole rings is 1. The Hall–Kier alpha value is -5.42. The van der Waals surface area contributed by atoms with Crippen molar-refractivity contribution in [2.24, 2.45) is 4.99 Å². The molecule has 6 rings (SSSR count). The number of ether oxygens (including phenoxy) is 4. The number of fused-ring (bicyclic) bond motifs is 1. The number of aryl methyl sites for hydroxylation is 1. The fourth-order valence-electron chi connectivity index (χ4n) is 5.90. The van der Waals surface area contributed by atoms with Gasteiger partial charge in [0.15, 0.2) is 16.3 Å². The summed E-state index contributed by atoms with van der Waals surface area (Å²) in [4.78, 5) is 32.1. The Morgan fingerprint density at radius 3 is 2.35 bits per heavy atom. The molecule has 1 atom stereocenters. The minimum Gasteiger partial charge on any atom is -0.490 e. The molecule has 0 spiro atoms. The van der Waals surface area contributed by atoms with Crippen LogP contribution in [-0.4, -0.2) is 35.4 Å². The van der Waals surface area contributed by atoms with Crippen molar-refractivity contribution in [1.29, 1.82) is 0 Å². The van der Waals surface area contributed by atoms with Crippen molar-refractivity contribution in [2.45, 2.75) is 40.3 Å². The van der Waals surface area contributed by atoms with Gasteiger partial charge in [0.1, 0.15) is 18.2 Å². The van der Waals surface area contributed by atoms with E-state index < -0.39 is 12.0 Å². The van der Waals surface area contributed by atoms with Gasteiger partial charge < -0.3 is 23.5 Å². The van der Waals surface area contributed by atoms with Crippen molar-refractivity contribution >= 4 is 23.4 Å². The predicted octanol–water partition coefficient (Wildman–Crippen LogP) is 5.94. The number of nitrogens with zero attached hydrogens (tertiary/aromatic N) is 3. The molecule has 0 fully saturated rings. The summed E-state index contributed by atoms with van der Waals surface area (Å²) in [6.07, 6.45) is 3.34. The molecule has 0 radical (unpaired) electrons. The summed E-state index contributed by atoms with van der Waals surface area (Å²) in [6, 6.07) is 20.6. The van der Waals surface area contributed by atoms with Crippen molar-refractivity contribution in [3.05, 3.63) is 138 Å². The summed E-state index contributed by atoms with van der Waals surface area (Å²) in [7, 11) is 1.31. The predicted molar refractivity (Wildman–Crippen MR) is 186 cm³/mol. The Labute approximate surface area is 286 Å². The number of methoxy groups -OCH3 is 1. The van der Waals surface area contributed by atoms with Crippen LogP contribution < -0.4 is 29.1 Å². The van der Waals surface area contributed by atoms with Gasteiger partial charge in [-0.3, -0.25) is 9.36 Å². The van der Waals surface area contributed by atoms with Gasteiger partial charge in [0.2, 0.25) is 0 Å². The summed E-state index contributed by atoms with van der Waals surface area (Å²) < 4.78 is 39.9. The first-order chi connectivity index (χ1) is 23.7. The number of carbonyl (C=O) groups excluding carboxylic acids is 1. The molecule has 0 bridgehead atoms. The lowest BCUT2D eigenvalue weighted by atomic mass is 9.97. The van der Waals surface area contributed by atoms with E-state index in [0.717, 1.165) is 28.2 Å². The van der Waals surface area contributed by atoms with Crippen LogP contribution in [-0.2, 0) is 16.1 Å². The third-order valence-corrected chi connectivity index (χ3v) is 9.18. The normalized spacial score (nSPS) is 14.1. The highest BCUT2D eigenvalue weighted by Crippen LogP contribution is 2.35. The molecule has 9 nitrogen and oxygen atoms in total. The Bertz CT molecular complexity index is 2220. The van der Waals surface area contributed by atoms with Crippen LogP contribution >= 0.6 is 11.3 Å². The summed E-state index contributed by atoms with van der Waals surface area (Å²) in [5.41, 5.74) is 5.24. The molecule has 0 saturated heterocycles. The lowest BCUT2D eigenvalue weighted by Crippen LogP contribution is -2.39.